The van der Waals surface area contributed by atoms with Crippen LogP contribution in [-0.4, -0.2) is 51.4 Å². The van der Waals surface area contributed by atoms with Crippen molar-refractivity contribution in [3.8, 4) is 0 Å². The minimum atomic E-state index is -1.05. The van der Waals surface area contributed by atoms with Gasteiger partial charge < -0.3 is 14.7 Å². The minimum absolute atomic E-state index is 0.171. The highest BCUT2D eigenvalue weighted by Gasteiger charge is 2.30. The van der Waals surface area contributed by atoms with E-state index in [1.54, 1.807) is 0 Å². The highest BCUT2D eigenvalue weighted by atomic mass is 19.1. The zero-order valence-electron chi connectivity index (χ0n) is 12.9. The van der Waals surface area contributed by atoms with E-state index < -0.39 is 23.6 Å². The van der Waals surface area contributed by atoms with Crippen molar-refractivity contribution in [3.63, 3.8) is 0 Å². The van der Waals surface area contributed by atoms with Crippen LogP contribution in [0.15, 0.2) is 23.0 Å². The molecule has 0 aliphatic carbocycles. The number of fused-ring (bicyclic) bond motifs is 1. The molecule has 1 aliphatic heterocycles. The third-order valence-corrected chi connectivity index (χ3v) is 4.24. The largest absolute Gasteiger partial charge is 0.468 e. The van der Waals surface area contributed by atoms with E-state index in [1.807, 2.05) is 0 Å². The van der Waals surface area contributed by atoms with E-state index in [9.17, 15) is 18.8 Å². The maximum Gasteiger partial charge on any atom is 0.407 e. The number of methoxy groups -OCH3 is 1. The highest BCUT2D eigenvalue weighted by Crippen LogP contribution is 2.25. The van der Waals surface area contributed by atoms with Gasteiger partial charge in [0.05, 0.1) is 24.2 Å². The fourth-order valence-electron chi connectivity index (χ4n) is 3.08. The van der Waals surface area contributed by atoms with Crippen molar-refractivity contribution in [3.05, 3.63) is 34.5 Å². The van der Waals surface area contributed by atoms with Crippen LogP contribution in [0.1, 0.15) is 12.5 Å². The number of nitrogens with zero attached hydrogens (tertiary/aromatic N) is 3. The first-order chi connectivity index (χ1) is 11.4. The number of benzene rings is 1. The Balaban J connectivity index is 2.11. The van der Waals surface area contributed by atoms with Crippen LogP contribution >= 0.6 is 0 Å². The Hall–Kier alpha value is -2.84. The lowest BCUT2D eigenvalue weighted by atomic mass is 10.2. The quantitative estimate of drug-likeness (QED) is 0.845. The summed E-state index contributed by atoms with van der Waals surface area (Å²) in [5, 5.41) is 9.08. The molecule has 8 nitrogen and oxygen atoms in total. The van der Waals surface area contributed by atoms with E-state index in [4.69, 9.17) is 5.11 Å². The Bertz CT molecular complexity index is 872. The van der Waals surface area contributed by atoms with Crippen molar-refractivity contribution < 1.29 is 23.8 Å². The third-order valence-electron chi connectivity index (χ3n) is 4.24. The smallest absolute Gasteiger partial charge is 0.407 e. The van der Waals surface area contributed by atoms with Gasteiger partial charge in [0, 0.05) is 13.1 Å². The number of carbonyl (C=O) groups excluding carboxylic acids is 1. The first-order valence-electron chi connectivity index (χ1n) is 7.37. The van der Waals surface area contributed by atoms with Gasteiger partial charge in [-0.1, -0.05) is 0 Å². The van der Waals surface area contributed by atoms with Crippen molar-refractivity contribution >= 4 is 23.1 Å². The summed E-state index contributed by atoms with van der Waals surface area (Å²) < 4.78 is 20.8. The summed E-state index contributed by atoms with van der Waals surface area (Å²) in [6.45, 7) is 0.152. The van der Waals surface area contributed by atoms with Gasteiger partial charge in [-0.15, -0.1) is 0 Å². The molecule has 128 valence electrons. The number of aromatic nitrogens is 2. The molecule has 24 heavy (non-hydrogen) atoms. The summed E-state index contributed by atoms with van der Waals surface area (Å²) in [6.07, 6.45) is -0.573. The number of carbonyl (C=O) groups is 2. The minimum Gasteiger partial charge on any atom is -0.468 e. The number of ether oxygens (including phenoxy) is 1. The number of rotatable bonds is 3. The summed E-state index contributed by atoms with van der Waals surface area (Å²) in [5.74, 6) is -1.16. The lowest BCUT2D eigenvalue weighted by Crippen LogP contribution is -2.32. The number of hydrogen-bond acceptors (Lipinski definition) is 4. The summed E-state index contributed by atoms with van der Waals surface area (Å²) in [5.41, 5.74) is 0.250. The van der Waals surface area contributed by atoms with Crippen LogP contribution in [0.4, 0.5) is 9.18 Å². The fourth-order valence-corrected chi connectivity index (χ4v) is 3.08. The van der Waals surface area contributed by atoms with E-state index in [1.165, 1.54) is 34.8 Å². The molecule has 0 spiro atoms. The zero-order valence-corrected chi connectivity index (χ0v) is 12.9. The van der Waals surface area contributed by atoms with E-state index in [-0.39, 0.29) is 24.6 Å². The van der Waals surface area contributed by atoms with E-state index >= 15 is 0 Å². The van der Waals surface area contributed by atoms with Gasteiger partial charge in [0.2, 0.25) is 0 Å². The van der Waals surface area contributed by atoms with Crippen LogP contribution in [0.2, 0.25) is 0 Å². The number of esters is 1. The summed E-state index contributed by atoms with van der Waals surface area (Å²) >= 11 is 0. The van der Waals surface area contributed by atoms with Gasteiger partial charge in [0.25, 0.3) is 0 Å². The molecule has 1 atom stereocenters. The molecule has 9 heteroatoms. The lowest BCUT2D eigenvalue weighted by Gasteiger charge is -2.13. The number of likely N-dealkylation sites (tertiary alicyclic amines) is 1. The molecule has 0 radical (unpaired) electrons. The molecular formula is C15H16FN3O5. The second-order valence-electron chi connectivity index (χ2n) is 5.62. The topological polar surface area (TPSA) is 93.8 Å². The van der Waals surface area contributed by atoms with E-state index in [0.717, 1.165) is 4.57 Å². The molecule has 1 aromatic heterocycles. The van der Waals surface area contributed by atoms with Crippen LogP contribution < -0.4 is 5.69 Å². The van der Waals surface area contributed by atoms with Crippen LogP contribution in [0, 0.1) is 5.82 Å². The molecule has 0 saturated carbocycles. The maximum atomic E-state index is 13.6. The Morgan fingerprint density at radius 2 is 2.12 bits per heavy atom. The molecule has 1 aromatic carbocycles. The molecule has 2 heterocycles. The summed E-state index contributed by atoms with van der Waals surface area (Å²) in [4.78, 5) is 36.6. The monoisotopic (exact) mass is 337 g/mol. The number of hydrogen-bond donors (Lipinski definition) is 1. The molecule has 1 fully saturated rings. The molecule has 1 N–H and O–H groups in total. The van der Waals surface area contributed by atoms with Crippen LogP contribution in [0.5, 0.6) is 0 Å². The zero-order chi connectivity index (χ0) is 17.4. The Kier molecular flexibility index (Phi) is 4.00. The summed E-state index contributed by atoms with van der Waals surface area (Å²) in [7, 11) is 1.20. The molecule has 1 aliphatic rings. The van der Waals surface area contributed by atoms with Crippen LogP contribution in [0.3, 0.4) is 0 Å². The number of halogens is 1. The first kappa shape index (κ1) is 16.0. The standard InChI is InChI=1S/C15H16FN3O5/c1-24-13(20)8-18-12-6-9(16)2-3-11(12)19(14(18)21)10-4-5-17(7-10)15(22)23/h2-3,6,10H,4-5,7-8H2,1H3,(H,22,23). The maximum absolute atomic E-state index is 13.6. The van der Waals surface area contributed by atoms with Crippen molar-refractivity contribution in [1.29, 1.82) is 0 Å². The molecule has 1 unspecified atom stereocenters. The van der Waals surface area contributed by atoms with Crippen molar-refractivity contribution in [2.45, 2.75) is 19.0 Å². The Morgan fingerprint density at radius 3 is 2.75 bits per heavy atom. The second kappa shape index (κ2) is 5.99. The van der Waals surface area contributed by atoms with Gasteiger partial charge in [-0.3, -0.25) is 13.9 Å². The Morgan fingerprint density at radius 1 is 1.38 bits per heavy atom. The molecule has 1 saturated heterocycles. The van der Waals surface area contributed by atoms with Gasteiger partial charge in [-0.2, -0.15) is 0 Å². The molecular weight excluding hydrogens is 321 g/mol. The lowest BCUT2D eigenvalue weighted by molar-refractivity contribution is -0.141. The van der Waals surface area contributed by atoms with E-state index in [0.29, 0.717) is 18.5 Å². The SMILES string of the molecule is COC(=O)Cn1c(=O)n(C2CCN(C(=O)O)C2)c2ccc(F)cc21. The van der Waals surface area contributed by atoms with Gasteiger partial charge >= 0.3 is 17.8 Å². The molecule has 1 amide bonds. The van der Waals surface area contributed by atoms with Gasteiger partial charge in [0.1, 0.15) is 12.4 Å². The Labute approximate surface area is 135 Å². The van der Waals surface area contributed by atoms with Gasteiger partial charge in [0.15, 0.2) is 0 Å². The predicted molar refractivity (Wildman–Crippen MR) is 81.4 cm³/mol. The number of carboxylic acid groups (broad SMARTS) is 1. The van der Waals surface area contributed by atoms with Crippen molar-refractivity contribution in [1.82, 2.24) is 14.0 Å². The van der Waals surface area contributed by atoms with Gasteiger partial charge in [-0.25, -0.2) is 14.0 Å². The van der Waals surface area contributed by atoms with Gasteiger partial charge in [-0.05, 0) is 24.6 Å². The highest BCUT2D eigenvalue weighted by molar-refractivity contribution is 5.79. The van der Waals surface area contributed by atoms with Crippen LogP contribution in [0.25, 0.3) is 11.0 Å². The third kappa shape index (κ3) is 2.61. The second-order valence-corrected chi connectivity index (χ2v) is 5.62. The normalized spacial score (nSPS) is 17.4. The number of imidazole rings is 1. The molecule has 3 rings (SSSR count). The summed E-state index contributed by atoms with van der Waals surface area (Å²) in [6, 6.07) is 3.51. The fraction of sp³-hybridized carbons (Fsp3) is 0.400. The predicted octanol–water partition coefficient (Wildman–Crippen LogP) is 1.04. The van der Waals surface area contributed by atoms with E-state index in [2.05, 4.69) is 4.74 Å². The van der Waals surface area contributed by atoms with Crippen LogP contribution in [-0.2, 0) is 16.1 Å². The average molecular weight is 337 g/mol. The average Bonchev–Trinajstić information content (AvgIpc) is 3.12. The molecule has 0 bridgehead atoms. The van der Waals surface area contributed by atoms with Crippen molar-refractivity contribution in [2.75, 3.05) is 20.2 Å². The first-order valence-corrected chi connectivity index (χ1v) is 7.37. The molecule has 2 aromatic rings. The number of amides is 1. The van der Waals surface area contributed by atoms with Crippen molar-refractivity contribution in [2.24, 2.45) is 0 Å².